The van der Waals surface area contributed by atoms with Gasteiger partial charge in [-0.1, -0.05) is 24.3 Å². The Morgan fingerprint density at radius 1 is 1.10 bits per heavy atom. The predicted octanol–water partition coefficient (Wildman–Crippen LogP) is 4.95. The van der Waals surface area contributed by atoms with Gasteiger partial charge >= 0.3 is 5.97 Å². The molecule has 0 amide bonds. The van der Waals surface area contributed by atoms with Crippen LogP contribution in [0.2, 0.25) is 0 Å². The number of fused-ring (bicyclic) bond motifs is 2. The lowest BCUT2D eigenvalue weighted by Crippen LogP contribution is -2.39. The van der Waals surface area contributed by atoms with Gasteiger partial charge in [0.1, 0.15) is 18.1 Å². The van der Waals surface area contributed by atoms with Crippen molar-refractivity contribution < 1.29 is 23.7 Å². The van der Waals surface area contributed by atoms with Gasteiger partial charge in [-0.15, -0.1) is 0 Å². The third kappa shape index (κ3) is 4.62. The molecule has 2 aliphatic rings. The number of aryl methyl sites for hydroxylation is 1. The van der Waals surface area contributed by atoms with Crippen molar-refractivity contribution in [2.45, 2.75) is 52.2 Å². The minimum atomic E-state index is -0.851. The number of benzene rings is 2. The molecule has 31 heavy (non-hydrogen) atoms. The summed E-state index contributed by atoms with van der Waals surface area (Å²) in [4.78, 5) is 13.0. The lowest BCUT2D eigenvalue weighted by Gasteiger charge is -2.32. The van der Waals surface area contributed by atoms with Crippen LogP contribution in [0.5, 0.6) is 11.5 Å². The van der Waals surface area contributed by atoms with E-state index in [-0.39, 0.29) is 6.61 Å². The SMILES string of the molecule is CCOC(=O)C(OC(C)(C)C)C1=C(c2ccc3c(c2)CCCO3)c2ccccc2OC1. The lowest BCUT2D eigenvalue weighted by molar-refractivity contribution is -0.162. The Hall–Kier alpha value is -2.79. The molecule has 1 unspecified atom stereocenters. The Kier molecular flexibility index (Phi) is 6.05. The van der Waals surface area contributed by atoms with Crippen LogP contribution in [-0.4, -0.2) is 37.5 Å². The van der Waals surface area contributed by atoms with Crippen molar-refractivity contribution in [1.29, 1.82) is 0 Å². The number of rotatable bonds is 5. The highest BCUT2D eigenvalue weighted by Crippen LogP contribution is 2.41. The van der Waals surface area contributed by atoms with Gasteiger partial charge in [0.25, 0.3) is 0 Å². The summed E-state index contributed by atoms with van der Waals surface area (Å²) in [6.07, 6.45) is 1.13. The van der Waals surface area contributed by atoms with Gasteiger partial charge in [-0.05, 0) is 75.4 Å². The number of carbonyl (C=O) groups excluding carboxylic acids is 1. The molecule has 2 heterocycles. The average molecular weight is 423 g/mol. The predicted molar refractivity (Wildman–Crippen MR) is 119 cm³/mol. The number of hydrogen-bond donors (Lipinski definition) is 0. The number of esters is 1. The van der Waals surface area contributed by atoms with Crippen molar-refractivity contribution in [3.05, 3.63) is 64.7 Å². The standard InChI is InChI=1S/C26H30O5/c1-5-28-25(27)24(31-26(2,3)4)20-16-30-22-11-7-6-10-19(22)23(20)18-12-13-21-17(15-18)9-8-14-29-21/h6-7,10-13,15,24H,5,8-9,14,16H2,1-4H3. The first-order chi connectivity index (χ1) is 14.9. The van der Waals surface area contributed by atoms with E-state index in [1.807, 2.05) is 51.1 Å². The van der Waals surface area contributed by atoms with E-state index in [1.54, 1.807) is 6.92 Å². The third-order valence-corrected chi connectivity index (χ3v) is 5.35. The van der Waals surface area contributed by atoms with Gasteiger partial charge in [0.05, 0.1) is 18.8 Å². The smallest absolute Gasteiger partial charge is 0.339 e. The number of carbonyl (C=O) groups is 1. The molecular formula is C26H30O5. The summed E-state index contributed by atoms with van der Waals surface area (Å²) in [5, 5.41) is 0. The Bertz CT molecular complexity index is 999. The monoisotopic (exact) mass is 422 g/mol. The van der Waals surface area contributed by atoms with Crippen LogP contribution in [0.15, 0.2) is 48.0 Å². The van der Waals surface area contributed by atoms with E-state index in [0.29, 0.717) is 6.61 Å². The fourth-order valence-electron chi connectivity index (χ4n) is 4.10. The van der Waals surface area contributed by atoms with E-state index >= 15 is 0 Å². The van der Waals surface area contributed by atoms with Crippen molar-refractivity contribution >= 4 is 11.5 Å². The van der Waals surface area contributed by atoms with E-state index in [0.717, 1.165) is 53.2 Å². The molecule has 0 aliphatic carbocycles. The van der Waals surface area contributed by atoms with E-state index in [1.165, 1.54) is 5.56 Å². The summed E-state index contributed by atoms with van der Waals surface area (Å²) < 4.78 is 23.5. The molecule has 4 rings (SSSR count). The van der Waals surface area contributed by atoms with Gasteiger partial charge in [-0.25, -0.2) is 4.79 Å². The van der Waals surface area contributed by atoms with Crippen LogP contribution in [0.25, 0.3) is 5.57 Å². The first-order valence-electron chi connectivity index (χ1n) is 10.9. The van der Waals surface area contributed by atoms with Crippen LogP contribution < -0.4 is 9.47 Å². The third-order valence-electron chi connectivity index (χ3n) is 5.35. The maximum absolute atomic E-state index is 13.0. The lowest BCUT2D eigenvalue weighted by atomic mass is 9.87. The molecule has 2 aromatic carbocycles. The van der Waals surface area contributed by atoms with E-state index in [9.17, 15) is 4.79 Å². The normalized spacial score (nSPS) is 16.5. The van der Waals surface area contributed by atoms with Crippen molar-refractivity contribution in [1.82, 2.24) is 0 Å². The maximum Gasteiger partial charge on any atom is 0.339 e. The largest absolute Gasteiger partial charge is 0.493 e. The maximum atomic E-state index is 13.0. The Morgan fingerprint density at radius 3 is 2.68 bits per heavy atom. The molecule has 5 heteroatoms. The van der Waals surface area contributed by atoms with Crippen molar-refractivity contribution in [3.8, 4) is 11.5 Å². The highest BCUT2D eigenvalue weighted by Gasteiger charge is 2.35. The summed E-state index contributed by atoms with van der Waals surface area (Å²) in [7, 11) is 0. The number of ether oxygens (including phenoxy) is 4. The first-order valence-corrected chi connectivity index (χ1v) is 10.9. The topological polar surface area (TPSA) is 54.0 Å². The quantitative estimate of drug-likeness (QED) is 0.638. The highest BCUT2D eigenvalue weighted by molar-refractivity contribution is 5.91. The van der Waals surface area contributed by atoms with Crippen molar-refractivity contribution in [2.24, 2.45) is 0 Å². The van der Waals surface area contributed by atoms with Crippen molar-refractivity contribution in [2.75, 3.05) is 19.8 Å². The summed E-state index contributed by atoms with van der Waals surface area (Å²) in [6, 6.07) is 14.2. The van der Waals surface area contributed by atoms with E-state index in [2.05, 4.69) is 12.1 Å². The fourth-order valence-corrected chi connectivity index (χ4v) is 4.10. The molecule has 5 nitrogen and oxygen atoms in total. The molecule has 164 valence electrons. The van der Waals surface area contributed by atoms with Crippen molar-refractivity contribution in [3.63, 3.8) is 0 Å². The zero-order valence-corrected chi connectivity index (χ0v) is 18.7. The number of hydrogen-bond acceptors (Lipinski definition) is 5. The summed E-state index contributed by atoms with van der Waals surface area (Å²) in [5.74, 6) is 1.34. The average Bonchev–Trinajstić information content (AvgIpc) is 2.76. The molecule has 0 N–H and O–H groups in total. The molecule has 2 aromatic rings. The Balaban J connectivity index is 1.90. The molecule has 0 fully saturated rings. The molecule has 0 spiro atoms. The van der Waals surface area contributed by atoms with Crippen LogP contribution >= 0.6 is 0 Å². The van der Waals surface area contributed by atoms with Gasteiger partial charge < -0.3 is 18.9 Å². The molecule has 1 atom stereocenters. The van der Waals surface area contributed by atoms with Crippen LogP contribution in [-0.2, 0) is 20.7 Å². The molecule has 0 saturated carbocycles. The van der Waals surface area contributed by atoms with Gasteiger partial charge in [0.15, 0.2) is 6.10 Å². The zero-order chi connectivity index (χ0) is 22.0. The minimum absolute atomic E-state index is 0.263. The fraction of sp³-hybridized carbons (Fsp3) is 0.423. The van der Waals surface area contributed by atoms with Crippen LogP contribution in [0.3, 0.4) is 0 Å². The van der Waals surface area contributed by atoms with Gasteiger partial charge in [-0.3, -0.25) is 0 Å². The zero-order valence-electron chi connectivity index (χ0n) is 18.7. The van der Waals surface area contributed by atoms with Crippen LogP contribution in [0, 0.1) is 0 Å². The second kappa shape index (κ2) is 8.75. The van der Waals surface area contributed by atoms with Gasteiger partial charge in [0, 0.05) is 11.1 Å². The summed E-state index contributed by atoms with van der Waals surface area (Å²) in [5.41, 5.74) is 4.38. The summed E-state index contributed by atoms with van der Waals surface area (Å²) >= 11 is 0. The van der Waals surface area contributed by atoms with Gasteiger partial charge in [-0.2, -0.15) is 0 Å². The highest BCUT2D eigenvalue weighted by atomic mass is 16.6. The van der Waals surface area contributed by atoms with Gasteiger partial charge in [0.2, 0.25) is 0 Å². The van der Waals surface area contributed by atoms with E-state index < -0.39 is 17.7 Å². The molecule has 2 aliphatic heterocycles. The second-order valence-corrected chi connectivity index (χ2v) is 8.82. The first kappa shape index (κ1) is 21.4. The molecular weight excluding hydrogens is 392 g/mol. The van der Waals surface area contributed by atoms with E-state index in [4.69, 9.17) is 18.9 Å². The molecule has 0 radical (unpaired) electrons. The van der Waals surface area contributed by atoms with Crippen LogP contribution in [0.1, 0.15) is 50.8 Å². The number of para-hydroxylation sites is 1. The second-order valence-electron chi connectivity index (χ2n) is 8.82. The molecule has 0 bridgehead atoms. The Morgan fingerprint density at radius 2 is 1.90 bits per heavy atom. The molecule has 0 saturated heterocycles. The molecule has 0 aromatic heterocycles. The minimum Gasteiger partial charge on any atom is -0.493 e. The van der Waals surface area contributed by atoms with Crippen LogP contribution in [0.4, 0.5) is 0 Å². The Labute approximate surface area is 184 Å². The summed E-state index contributed by atoms with van der Waals surface area (Å²) in [6.45, 7) is 8.92.